The molecule has 27 heavy (non-hydrogen) atoms. The molecule has 0 spiro atoms. The zero-order chi connectivity index (χ0) is 20.4. The predicted molar refractivity (Wildman–Crippen MR) is 115 cm³/mol. The number of aliphatic imine (C=N–C) groups is 1. The average Bonchev–Trinajstić information content (AvgIpc) is 2.58. The van der Waals surface area contributed by atoms with Crippen LogP contribution in [0.15, 0.2) is 4.99 Å². The second-order valence-electron chi connectivity index (χ2n) is 8.03. The van der Waals surface area contributed by atoms with Gasteiger partial charge in [-0.1, -0.05) is 0 Å². The largest absolute Gasteiger partial charge is 0.357 e. The summed E-state index contributed by atoms with van der Waals surface area (Å²) in [5.74, 6) is 1.32. The molecule has 0 unspecified atom stereocenters. The Labute approximate surface area is 167 Å². The van der Waals surface area contributed by atoms with Crippen molar-refractivity contribution >= 4 is 16.0 Å². The van der Waals surface area contributed by atoms with Crippen molar-refractivity contribution in [3.8, 4) is 0 Å². The van der Waals surface area contributed by atoms with Gasteiger partial charge in [0.25, 0.3) is 0 Å². The van der Waals surface area contributed by atoms with Crippen LogP contribution in [0, 0.1) is 5.92 Å². The minimum absolute atomic E-state index is 0.454. The predicted octanol–water partition coefficient (Wildman–Crippen LogP) is 1.72. The first-order valence-electron chi connectivity index (χ1n) is 10.4. The molecule has 0 atom stereocenters. The maximum Gasteiger partial charge on any atom is 0.211 e. The van der Waals surface area contributed by atoms with Gasteiger partial charge in [0.05, 0.1) is 6.26 Å². The first-order chi connectivity index (χ1) is 12.6. The molecule has 1 fully saturated rings. The molecule has 0 bridgehead atoms. The van der Waals surface area contributed by atoms with Gasteiger partial charge in [-0.3, -0.25) is 9.89 Å². The Hall–Kier alpha value is -0.860. The molecule has 0 aromatic heterocycles. The van der Waals surface area contributed by atoms with Crippen LogP contribution in [-0.2, 0) is 10.0 Å². The van der Waals surface area contributed by atoms with E-state index in [-0.39, 0.29) is 0 Å². The van der Waals surface area contributed by atoms with Crippen LogP contribution in [0.25, 0.3) is 0 Å². The van der Waals surface area contributed by atoms with Crippen LogP contribution < -0.4 is 10.6 Å². The first-order valence-corrected chi connectivity index (χ1v) is 12.2. The van der Waals surface area contributed by atoms with Gasteiger partial charge < -0.3 is 10.6 Å². The van der Waals surface area contributed by atoms with E-state index < -0.39 is 10.0 Å². The van der Waals surface area contributed by atoms with Gasteiger partial charge in [0.2, 0.25) is 10.0 Å². The third-order valence-corrected chi connectivity index (χ3v) is 6.41. The lowest BCUT2D eigenvalue weighted by molar-refractivity contribution is 0.173. The van der Waals surface area contributed by atoms with Gasteiger partial charge in [-0.25, -0.2) is 12.7 Å². The third-order valence-electron chi connectivity index (χ3n) is 5.11. The Kier molecular flexibility index (Phi) is 10.6. The van der Waals surface area contributed by atoms with Crippen molar-refractivity contribution in [3.63, 3.8) is 0 Å². The zero-order valence-electron chi connectivity index (χ0n) is 18.2. The molecule has 7 nitrogen and oxygen atoms in total. The maximum absolute atomic E-state index is 11.6. The molecule has 1 aliphatic heterocycles. The fourth-order valence-corrected chi connectivity index (χ4v) is 4.44. The quantitative estimate of drug-likeness (QED) is 0.330. The molecule has 8 heteroatoms. The van der Waals surface area contributed by atoms with E-state index in [2.05, 4.69) is 50.2 Å². The van der Waals surface area contributed by atoms with Crippen molar-refractivity contribution in [2.24, 2.45) is 10.9 Å². The van der Waals surface area contributed by atoms with Gasteiger partial charge in [0, 0.05) is 51.4 Å². The number of nitrogens with one attached hydrogen (secondary N) is 2. The van der Waals surface area contributed by atoms with Crippen molar-refractivity contribution in [2.45, 2.75) is 66.0 Å². The minimum Gasteiger partial charge on any atom is -0.357 e. The van der Waals surface area contributed by atoms with E-state index in [0.29, 0.717) is 31.1 Å². The van der Waals surface area contributed by atoms with Crippen LogP contribution in [-0.4, -0.2) is 81.2 Å². The molecule has 0 amide bonds. The van der Waals surface area contributed by atoms with Gasteiger partial charge in [-0.05, 0) is 59.8 Å². The highest BCUT2D eigenvalue weighted by molar-refractivity contribution is 7.88. The molecule has 0 saturated carbocycles. The molecule has 1 aliphatic rings. The third kappa shape index (κ3) is 9.25. The van der Waals surface area contributed by atoms with Crippen molar-refractivity contribution in [1.82, 2.24) is 19.8 Å². The number of nitrogens with zero attached hydrogens (tertiary/aromatic N) is 3. The Bertz CT molecular complexity index is 532. The molecule has 160 valence electrons. The molecule has 0 radical (unpaired) electrons. The molecule has 0 aromatic rings. The Morgan fingerprint density at radius 2 is 1.74 bits per heavy atom. The second-order valence-corrected chi connectivity index (χ2v) is 10.0. The van der Waals surface area contributed by atoms with E-state index in [1.807, 2.05) is 0 Å². The van der Waals surface area contributed by atoms with E-state index in [4.69, 9.17) is 4.99 Å². The van der Waals surface area contributed by atoms with E-state index in [1.54, 1.807) is 4.31 Å². The van der Waals surface area contributed by atoms with Crippen molar-refractivity contribution in [1.29, 1.82) is 0 Å². The molecular weight excluding hydrogens is 362 g/mol. The highest BCUT2D eigenvalue weighted by Gasteiger charge is 2.24. The monoisotopic (exact) mass is 403 g/mol. The lowest BCUT2D eigenvalue weighted by Gasteiger charge is -2.30. The summed E-state index contributed by atoms with van der Waals surface area (Å²) in [7, 11) is -3.05. The summed E-state index contributed by atoms with van der Waals surface area (Å²) in [6.07, 6.45) is 4.13. The van der Waals surface area contributed by atoms with E-state index in [0.717, 1.165) is 51.4 Å². The van der Waals surface area contributed by atoms with Crippen LogP contribution in [0.4, 0.5) is 0 Å². The molecule has 1 rings (SSSR count). The number of hydrogen-bond acceptors (Lipinski definition) is 4. The fourth-order valence-electron chi connectivity index (χ4n) is 3.57. The van der Waals surface area contributed by atoms with E-state index in [9.17, 15) is 8.42 Å². The Morgan fingerprint density at radius 3 is 2.22 bits per heavy atom. The average molecular weight is 404 g/mol. The Morgan fingerprint density at radius 1 is 1.15 bits per heavy atom. The molecule has 2 N–H and O–H groups in total. The van der Waals surface area contributed by atoms with E-state index >= 15 is 0 Å². The molecular formula is C19H41N5O2S. The highest BCUT2D eigenvalue weighted by atomic mass is 32.2. The van der Waals surface area contributed by atoms with Crippen LogP contribution in [0.1, 0.15) is 53.9 Å². The number of guanidine groups is 1. The Balaban J connectivity index is 2.40. The fraction of sp³-hybridized carbons (Fsp3) is 0.947. The first kappa shape index (κ1) is 24.2. The minimum atomic E-state index is -3.05. The number of hydrogen-bond donors (Lipinski definition) is 2. The highest BCUT2D eigenvalue weighted by Crippen LogP contribution is 2.19. The summed E-state index contributed by atoms with van der Waals surface area (Å²) in [6, 6.07) is 1.12. The molecule has 1 saturated heterocycles. The molecule has 0 aromatic carbocycles. The van der Waals surface area contributed by atoms with Crippen LogP contribution in [0.3, 0.4) is 0 Å². The molecule has 0 aliphatic carbocycles. The van der Waals surface area contributed by atoms with Crippen molar-refractivity contribution in [2.75, 3.05) is 45.5 Å². The van der Waals surface area contributed by atoms with Gasteiger partial charge in [0.15, 0.2) is 5.96 Å². The van der Waals surface area contributed by atoms with Crippen molar-refractivity contribution < 1.29 is 8.42 Å². The normalized spacial score (nSPS) is 17.9. The number of rotatable bonds is 10. The lowest BCUT2D eigenvalue weighted by Crippen LogP contribution is -2.42. The second kappa shape index (κ2) is 11.9. The summed E-state index contributed by atoms with van der Waals surface area (Å²) < 4.78 is 24.8. The molecule has 1 heterocycles. The summed E-state index contributed by atoms with van der Waals surface area (Å²) >= 11 is 0. The summed E-state index contributed by atoms with van der Waals surface area (Å²) in [4.78, 5) is 7.23. The maximum atomic E-state index is 11.6. The summed E-state index contributed by atoms with van der Waals surface area (Å²) in [5, 5.41) is 6.74. The van der Waals surface area contributed by atoms with Crippen molar-refractivity contribution in [3.05, 3.63) is 0 Å². The standard InChI is InChI=1S/C19H41N5O2S/c1-7-20-19(21-11-8-12-24(16(2)3)17(4)5)22-15-18-9-13-23(14-10-18)27(6,25)26/h16-18H,7-15H2,1-6H3,(H2,20,21,22). The van der Waals surface area contributed by atoms with Crippen LogP contribution >= 0.6 is 0 Å². The van der Waals surface area contributed by atoms with Crippen LogP contribution in [0.5, 0.6) is 0 Å². The van der Waals surface area contributed by atoms with Gasteiger partial charge in [-0.15, -0.1) is 0 Å². The lowest BCUT2D eigenvalue weighted by atomic mass is 9.98. The summed E-state index contributed by atoms with van der Waals surface area (Å²) in [5.41, 5.74) is 0. The smallest absolute Gasteiger partial charge is 0.211 e. The summed E-state index contributed by atoms with van der Waals surface area (Å²) in [6.45, 7) is 15.8. The number of sulfonamides is 1. The van der Waals surface area contributed by atoms with Gasteiger partial charge >= 0.3 is 0 Å². The zero-order valence-corrected chi connectivity index (χ0v) is 19.0. The van der Waals surface area contributed by atoms with Crippen LogP contribution in [0.2, 0.25) is 0 Å². The van der Waals surface area contributed by atoms with Gasteiger partial charge in [0.1, 0.15) is 0 Å². The topological polar surface area (TPSA) is 77.0 Å². The van der Waals surface area contributed by atoms with Gasteiger partial charge in [-0.2, -0.15) is 0 Å². The SMILES string of the molecule is CCNC(=NCC1CCN(S(C)(=O)=O)CC1)NCCCN(C(C)C)C(C)C. The van der Waals surface area contributed by atoms with E-state index in [1.165, 1.54) is 6.26 Å². The number of piperidine rings is 1.